The van der Waals surface area contributed by atoms with Crippen molar-refractivity contribution in [3.05, 3.63) is 104 Å². The van der Waals surface area contributed by atoms with Crippen molar-refractivity contribution in [2.75, 3.05) is 16.4 Å². The number of hydrogen-bond acceptors (Lipinski definition) is 6. The number of amides is 2. The van der Waals surface area contributed by atoms with Crippen LogP contribution in [0.2, 0.25) is 0 Å². The van der Waals surface area contributed by atoms with Crippen molar-refractivity contribution in [2.45, 2.75) is 47.5 Å². The molecule has 1 atom stereocenters. The van der Waals surface area contributed by atoms with Crippen LogP contribution in [0, 0.1) is 45.9 Å². The van der Waals surface area contributed by atoms with Gasteiger partial charge in [0, 0.05) is 17.1 Å². The number of carbonyl (C=O) groups is 2. The van der Waals surface area contributed by atoms with Crippen LogP contribution >= 0.6 is 11.8 Å². The fraction of sp³-hybridized carbons (Fsp3) is 0.258. The third-order valence-corrected chi connectivity index (χ3v) is 7.88. The number of rotatable bonds is 7. The normalized spacial score (nSPS) is 15.1. The van der Waals surface area contributed by atoms with Gasteiger partial charge in [-0.15, -0.1) is 0 Å². The predicted octanol–water partition coefficient (Wildman–Crippen LogP) is 6.53. The summed E-state index contributed by atoms with van der Waals surface area (Å²) in [6.07, 6.45) is 1.52. The largest absolute Gasteiger partial charge is 0.468 e. The first-order chi connectivity index (χ1) is 18.6. The molecule has 1 aliphatic rings. The topological polar surface area (TPSA) is 107 Å². The molecule has 4 rings (SSSR count). The fourth-order valence-electron chi connectivity index (χ4n) is 4.84. The van der Waals surface area contributed by atoms with Crippen LogP contribution in [0.1, 0.15) is 46.4 Å². The van der Waals surface area contributed by atoms with Crippen LogP contribution in [0.4, 0.5) is 11.4 Å². The van der Waals surface area contributed by atoms with E-state index in [1.165, 1.54) is 18.0 Å². The number of benzene rings is 2. The fourth-order valence-corrected chi connectivity index (χ4v) is 5.73. The van der Waals surface area contributed by atoms with E-state index in [1.807, 2.05) is 65.0 Å². The lowest BCUT2D eigenvalue weighted by Crippen LogP contribution is -2.31. The molecule has 0 saturated carbocycles. The molecule has 7 nitrogen and oxygen atoms in total. The van der Waals surface area contributed by atoms with Gasteiger partial charge in [-0.05, 0) is 82.0 Å². The van der Waals surface area contributed by atoms with Crippen molar-refractivity contribution in [1.29, 1.82) is 5.26 Å². The number of anilines is 2. The number of allylic oxidation sites excluding steroid dienone is 2. The van der Waals surface area contributed by atoms with Gasteiger partial charge in [0.2, 0.25) is 5.91 Å². The highest BCUT2D eigenvalue weighted by atomic mass is 32.2. The van der Waals surface area contributed by atoms with Crippen molar-refractivity contribution in [1.82, 2.24) is 5.32 Å². The van der Waals surface area contributed by atoms with Crippen molar-refractivity contribution in [3.63, 3.8) is 0 Å². The van der Waals surface area contributed by atoms with Crippen LogP contribution in [0.25, 0.3) is 0 Å². The van der Waals surface area contributed by atoms with E-state index in [1.54, 1.807) is 19.1 Å². The second-order valence-corrected chi connectivity index (χ2v) is 10.8. The average Bonchev–Trinajstić information content (AvgIpc) is 3.42. The van der Waals surface area contributed by atoms with Gasteiger partial charge in [0.25, 0.3) is 5.91 Å². The van der Waals surface area contributed by atoms with Crippen LogP contribution in [0.3, 0.4) is 0 Å². The molecule has 1 aromatic heterocycles. The van der Waals surface area contributed by atoms with Crippen LogP contribution in [-0.4, -0.2) is 17.6 Å². The minimum absolute atomic E-state index is 0.0857. The molecule has 0 radical (unpaired) electrons. The monoisotopic (exact) mass is 540 g/mol. The van der Waals surface area contributed by atoms with Crippen molar-refractivity contribution in [2.24, 2.45) is 0 Å². The summed E-state index contributed by atoms with van der Waals surface area (Å²) < 4.78 is 5.71. The number of hydrogen-bond donors (Lipinski definition) is 3. The molecule has 0 bridgehead atoms. The lowest BCUT2D eigenvalue weighted by molar-refractivity contribution is -0.114. The van der Waals surface area contributed by atoms with Crippen LogP contribution in [0.15, 0.2) is 75.0 Å². The molecule has 3 N–H and O–H groups in total. The van der Waals surface area contributed by atoms with E-state index in [-0.39, 0.29) is 17.6 Å². The number of carbonyl (C=O) groups excluding carboxylic acids is 2. The highest BCUT2D eigenvalue weighted by molar-refractivity contribution is 8.03. The van der Waals surface area contributed by atoms with Crippen LogP contribution < -0.4 is 16.0 Å². The number of nitriles is 1. The first-order valence-electron chi connectivity index (χ1n) is 12.6. The molecule has 8 heteroatoms. The molecule has 0 unspecified atom stereocenters. The van der Waals surface area contributed by atoms with Crippen molar-refractivity contribution >= 4 is 35.0 Å². The maximum Gasteiger partial charge on any atom is 0.254 e. The van der Waals surface area contributed by atoms with Gasteiger partial charge in [-0.1, -0.05) is 41.6 Å². The quantitative estimate of drug-likeness (QED) is 0.315. The standard InChI is InChI=1S/C31H32N4O3S/c1-17-13-19(3)29(20(4)14-17)35-30(37)27-22(6)33-31(23(15-32)28(27)25-11-8-12-38-25)39-16-26(36)34-24-10-7-9-18(2)21(24)5/h7-14,28,33H,16H2,1-6H3,(H,34,36)(H,35,37)/t28-/m0/s1. The maximum absolute atomic E-state index is 13.7. The highest BCUT2D eigenvalue weighted by Gasteiger charge is 2.36. The molecule has 0 fully saturated rings. The molecule has 2 aromatic carbocycles. The van der Waals surface area contributed by atoms with Gasteiger partial charge >= 0.3 is 0 Å². The Kier molecular flexibility index (Phi) is 8.32. The number of thioether (sulfide) groups is 1. The smallest absolute Gasteiger partial charge is 0.254 e. The zero-order valence-electron chi connectivity index (χ0n) is 23.0. The van der Waals surface area contributed by atoms with Gasteiger partial charge in [-0.25, -0.2) is 0 Å². The summed E-state index contributed by atoms with van der Waals surface area (Å²) in [6.45, 7) is 11.7. The Balaban J connectivity index is 1.61. The number of dihydropyridines is 1. The second-order valence-electron chi connectivity index (χ2n) is 9.78. The van der Waals surface area contributed by atoms with E-state index < -0.39 is 5.92 Å². The Labute approximate surface area is 233 Å². The lowest BCUT2D eigenvalue weighted by atomic mass is 9.85. The first kappa shape index (κ1) is 27.8. The first-order valence-corrected chi connectivity index (χ1v) is 13.6. The van der Waals surface area contributed by atoms with Crippen molar-refractivity contribution in [3.8, 4) is 6.07 Å². The van der Waals surface area contributed by atoms with E-state index in [0.29, 0.717) is 27.6 Å². The number of nitrogens with zero attached hydrogens (tertiary/aromatic N) is 1. The van der Waals surface area contributed by atoms with E-state index in [0.717, 1.165) is 39.2 Å². The third-order valence-electron chi connectivity index (χ3n) is 6.86. The molecule has 0 spiro atoms. The van der Waals surface area contributed by atoms with E-state index in [2.05, 4.69) is 22.0 Å². The molecule has 0 aliphatic carbocycles. The Morgan fingerprint density at radius 2 is 1.72 bits per heavy atom. The summed E-state index contributed by atoms with van der Waals surface area (Å²) in [7, 11) is 0. The van der Waals surface area contributed by atoms with Gasteiger partial charge in [-0.3, -0.25) is 9.59 Å². The van der Waals surface area contributed by atoms with Gasteiger partial charge in [0.1, 0.15) is 5.76 Å². The summed E-state index contributed by atoms with van der Waals surface area (Å²) in [5.41, 5.74) is 7.94. The van der Waals surface area contributed by atoms with Crippen molar-refractivity contribution < 1.29 is 14.0 Å². The highest BCUT2D eigenvalue weighted by Crippen LogP contribution is 2.41. The molecule has 3 aromatic rings. The zero-order chi connectivity index (χ0) is 28.3. The third kappa shape index (κ3) is 5.94. The summed E-state index contributed by atoms with van der Waals surface area (Å²) >= 11 is 1.22. The maximum atomic E-state index is 13.7. The van der Waals surface area contributed by atoms with Gasteiger partial charge in [0.15, 0.2) is 0 Å². The van der Waals surface area contributed by atoms with Gasteiger partial charge in [0.05, 0.1) is 40.2 Å². The molecular formula is C31H32N4O3S. The minimum atomic E-state index is -0.720. The average molecular weight is 541 g/mol. The van der Waals surface area contributed by atoms with E-state index in [4.69, 9.17) is 4.42 Å². The molecule has 0 saturated heterocycles. The SMILES string of the molecule is CC1=C(C(=O)Nc2c(C)cc(C)cc2C)[C@H](c2ccco2)C(C#N)=C(SCC(=O)Nc2cccc(C)c2C)N1. The molecule has 39 heavy (non-hydrogen) atoms. The number of aryl methyl sites for hydroxylation is 4. The molecule has 2 heterocycles. The summed E-state index contributed by atoms with van der Waals surface area (Å²) in [5.74, 6) is -0.663. The Hall–Kier alpha value is -4.22. The Morgan fingerprint density at radius 3 is 2.36 bits per heavy atom. The summed E-state index contributed by atoms with van der Waals surface area (Å²) in [4.78, 5) is 26.5. The van der Waals surface area contributed by atoms with Crippen LogP contribution in [-0.2, 0) is 9.59 Å². The Bertz CT molecular complexity index is 1520. The van der Waals surface area contributed by atoms with Gasteiger partial charge in [-0.2, -0.15) is 5.26 Å². The minimum Gasteiger partial charge on any atom is -0.468 e. The predicted molar refractivity (Wildman–Crippen MR) is 156 cm³/mol. The molecule has 2 amide bonds. The molecule has 1 aliphatic heterocycles. The number of nitrogens with one attached hydrogen (secondary N) is 3. The van der Waals surface area contributed by atoms with Gasteiger partial charge < -0.3 is 20.4 Å². The number of furan rings is 1. The lowest BCUT2D eigenvalue weighted by Gasteiger charge is -2.28. The molecule has 200 valence electrons. The van der Waals surface area contributed by atoms with E-state index in [9.17, 15) is 14.9 Å². The summed E-state index contributed by atoms with van der Waals surface area (Å²) in [5, 5.41) is 20.0. The van der Waals surface area contributed by atoms with Crippen LogP contribution in [0.5, 0.6) is 0 Å². The Morgan fingerprint density at radius 1 is 1.00 bits per heavy atom. The van der Waals surface area contributed by atoms with E-state index >= 15 is 0 Å². The molecular weight excluding hydrogens is 508 g/mol. The summed E-state index contributed by atoms with van der Waals surface area (Å²) in [6, 6.07) is 15.6. The zero-order valence-corrected chi connectivity index (χ0v) is 23.8. The second kappa shape index (κ2) is 11.7.